The largest absolute Gasteiger partial charge is 0.315 e. The van der Waals surface area contributed by atoms with Crippen molar-refractivity contribution in [3.8, 4) is 11.3 Å². The van der Waals surface area contributed by atoms with Crippen molar-refractivity contribution in [2.45, 2.75) is 25.8 Å². The molecule has 0 fully saturated rings. The van der Waals surface area contributed by atoms with Crippen LogP contribution in [-0.4, -0.2) is 9.55 Å². The van der Waals surface area contributed by atoms with Gasteiger partial charge in [0.2, 0.25) is 0 Å². The zero-order valence-corrected chi connectivity index (χ0v) is 9.69. The summed E-state index contributed by atoms with van der Waals surface area (Å²) in [5.74, 6) is 1.06. The molecule has 1 aromatic carbocycles. The van der Waals surface area contributed by atoms with Gasteiger partial charge in [0.05, 0.1) is 5.69 Å². The summed E-state index contributed by atoms with van der Waals surface area (Å²) >= 11 is 0. The Hall–Kier alpha value is -1.90. The van der Waals surface area contributed by atoms with Gasteiger partial charge in [-0.15, -0.1) is 0 Å². The highest BCUT2D eigenvalue weighted by atomic mass is 15.1. The minimum atomic E-state index is 0.577. The lowest BCUT2D eigenvalue weighted by molar-refractivity contribution is 0.489. The molecule has 2 heterocycles. The number of nitrogens with one attached hydrogen (secondary N) is 1. The maximum atomic E-state index is 8.06. The van der Waals surface area contributed by atoms with Crippen LogP contribution < -0.4 is 5.49 Å². The molecule has 3 rings (SSSR count). The topological polar surface area (TPSA) is 41.7 Å². The van der Waals surface area contributed by atoms with Crippen LogP contribution in [0, 0.1) is 5.41 Å². The number of hydrogen-bond acceptors (Lipinski definition) is 2. The van der Waals surface area contributed by atoms with Gasteiger partial charge in [-0.05, 0) is 12.8 Å². The summed E-state index contributed by atoms with van der Waals surface area (Å²) in [7, 11) is 0. The number of hydrogen-bond donors (Lipinski definition) is 1. The van der Waals surface area contributed by atoms with Gasteiger partial charge < -0.3 is 4.57 Å². The van der Waals surface area contributed by atoms with Crippen LogP contribution in [0.4, 0.5) is 0 Å². The predicted octanol–water partition coefficient (Wildman–Crippen LogP) is 2.37. The van der Waals surface area contributed by atoms with Crippen molar-refractivity contribution in [2.24, 2.45) is 0 Å². The molecule has 0 bridgehead atoms. The molecule has 0 spiro atoms. The van der Waals surface area contributed by atoms with Crippen LogP contribution in [0.3, 0.4) is 0 Å². The molecule has 0 aliphatic carbocycles. The number of aryl methyl sites for hydroxylation is 1. The van der Waals surface area contributed by atoms with Gasteiger partial charge in [-0.2, -0.15) is 0 Å². The smallest absolute Gasteiger partial charge is 0.128 e. The van der Waals surface area contributed by atoms with E-state index in [2.05, 4.69) is 4.98 Å². The molecule has 1 aliphatic rings. The first-order valence-corrected chi connectivity index (χ1v) is 6.05. The van der Waals surface area contributed by atoms with Crippen molar-refractivity contribution < 1.29 is 0 Å². The summed E-state index contributed by atoms with van der Waals surface area (Å²) < 4.78 is 2.02. The first-order chi connectivity index (χ1) is 8.34. The van der Waals surface area contributed by atoms with Gasteiger partial charge >= 0.3 is 0 Å². The summed E-state index contributed by atoms with van der Waals surface area (Å²) in [4.78, 5) is 4.69. The van der Waals surface area contributed by atoms with Gasteiger partial charge in [0.1, 0.15) is 11.3 Å². The van der Waals surface area contributed by atoms with E-state index in [-0.39, 0.29) is 0 Å². The van der Waals surface area contributed by atoms with Crippen LogP contribution in [0.15, 0.2) is 36.4 Å². The molecule has 1 aromatic heterocycles. The molecule has 17 heavy (non-hydrogen) atoms. The number of fused-ring (bicyclic) bond motifs is 1. The molecule has 86 valence electrons. The van der Waals surface area contributed by atoms with E-state index in [1.54, 1.807) is 0 Å². The SMILES string of the molecule is N=c1cc(-c2ccccc2)nc2n1CCCC2. The Morgan fingerprint density at radius 2 is 1.94 bits per heavy atom. The summed E-state index contributed by atoms with van der Waals surface area (Å²) in [5.41, 5.74) is 2.59. The Balaban J connectivity index is 2.14. The highest BCUT2D eigenvalue weighted by Gasteiger charge is 2.11. The normalized spacial score (nSPS) is 14.4. The van der Waals surface area contributed by atoms with Crippen LogP contribution in [0.2, 0.25) is 0 Å². The van der Waals surface area contributed by atoms with Gasteiger partial charge in [-0.1, -0.05) is 30.3 Å². The molecule has 0 saturated carbocycles. The van der Waals surface area contributed by atoms with Gasteiger partial charge in [-0.25, -0.2) is 4.98 Å². The third kappa shape index (κ3) is 1.88. The molecule has 2 aromatic rings. The predicted molar refractivity (Wildman–Crippen MR) is 66.5 cm³/mol. The molecule has 0 saturated heterocycles. The molecule has 3 heteroatoms. The molecule has 1 aliphatic heterocycles. The fourth-order valence-electron chi connectivity index (χ4n) is 2.33. The first-order valence-electron chi connectivity index (χ1n) is 6.05. The highest BCUT2D eigenvalue weighted by molar-refractivity contribution is 5.58. The summed E-state index contributed by atoms with van der Waals surface area (Å²) in [6, 6.07) is 12.0. The molecular formula is C14H15N3. The maximum absolute atomic E-state index is 8.06. The van der Waals surface area contributed by atoms with Gasteiger partial charge in [0.25, 0.3) is 0 Å². The van der Waals surface area contributed by atoms with Crippen molar-refractivity contribution in [1.82, 2.24) is 9.55 Å². The first kappa shape index (κ1) is 10.3. The average Bonchev–Trinajstić information content (AvgIpc) is 2.40. The lowest BCUT2D eigenvalue weighted by Gasteiger charge is -2.18. The van der Waals surface area contributed by atoms with E-state index in [1.165, 1.54) is 6.42 Å². The monoisotopic (exact) mass is 225 g/mol. The Kier molecular flexibility index (Phi) is 2.52. The standard InChI is InChI=1S/C14H15N3/c15-13-10-12(11-6-2-1-3-7-11)16-14-8-4-5-9-17(13)14/h1-3,6-7,10,15H,4-5,8-9H2. The number of benzene rings is 1. The van der Waals surface area contributed by atoms with Crippen LogP contribution in [-0.2, 0) is 13.0 Å². The van der Waals surface area contributed by atoms with E-state index < -0.39 is 0 Å². The Bertz CT molecular complexity index is 584. The molecule has 0 amide bonds. The summed E-state index contributed by atoms with van der Waals surface area (Å²) in [6.07, 6.45) is 3.34. The Labute approximate surface area is 100 Å². The van der Waals surface area contributed by atoms with Crippen molar-refractivity contribution in [1.29, 1.82) is 5.41 Å². The molecule has 0 unspecified atom stereocenters. The van der Waals surface area contributed by atoms with Crippen molar-refractivity contribution in [3.63, 3.8) is 0 Å². The maximum Gasteiger partial charge on any atom is 0.128 e. The van der Waals surface area contributed by atoms with E-state index in [4.69, 9.17) is 5.41 Å². The second-order valence-corrected chi connectivity index (χ2v) is 4.42. The van der Waals surface area contributed by atoms with Crippen LogP contribution in [0.5, 0.6) is 0 Å². The third-order valence-corrected chi connectivity index (χ3v) is 3.23. The third-order valence-electron chi connectivity index (χ3n) is 3.23. The Morgan fingerprint density at radius 1 is 1.12 bits per heavy atom. The average molecular weight is 225 g/mol. The quantitative estimate of drug-likeness (QED) is 0.795. The zero-order valence-electron chi connectivity index (χ0n) is 9.69. The van der Waals surface area contributed by atoms with Gasteiger partial charge in [0.15, 0.2) is 0 Å². The summed E-state index contributed by atoms with van der Waals surface area (Å²) in [6.45, 7) is 0.941. The van der Waals surface area contributed by atoms with Crippen LogP contribution >= 0.6 is 0 Å². The molecular weight excluding hydrogens is 210 g/mol. The van der Waals surface area contributed by atoms with E-state index in [0.717, 1.165) is 36.5 Å². The summed E-state index contributed by atoms with van der Waals surface area (Å²) in [5, 5.41) is 8.06. The van der Waals surface area contributed by atoms with E-state index in [0.29, 0.717) is 5.49 Å². The Morgan fingerprint density at radius 3 is 2.76 bits per heavy atom. The lowest BCUT2D eigenvalue weighted by Crippen LogP contribution is -2.28. The minimum Gasteiger partial charge on any atom is -0.315 e. The van der Waals surface area contributed by atoms with Crippen molar-refractivity contribution in [3.05, 3.63) is 47.7 Å². The zero-order chi connectivity index (χ0) is 11.7. The highest BCUT2D eigenvalue weighted by Crippen LogP contribution is 2.17. The second-order valence-electron chi connectivity index (χ2n) is 4.42. The van der Waals surface area contributed by atoms with E-state index in [1.807, 2.05) is 41.0 Å². The fourth-order valence-corrected chi connectivity index (χ4v) is 2.33. The molecule has 3 nitrogen and oxygen atoms in total. The number of aromatic nitrogens is 2. The lowest BCUT2D eigenvalue weighted by atomic mass is 10.1. The second kappa shape index (κ2) is 4.17. The number of nitrogens with zero attached hydrogens (tertiary/aromatic N) is 2. The van der Waals surface area contributed by atoms with Crippen molar-refractivity contribution in [2.75, 3.05) is 0 Å². The molecule has 0 atom stereocenters. The molecule has 0 radical (unpaired) electrons. The van der Waals surface area contributed by atoms with Crippen molar-refractivity contribution >= 4 is 0 Å². The van der Waals surface area contributed by atoms with Crippen LogP contribution in [0.25, 0.3) is 11.3 Å². The molecule has 1 N–H and O–H groups in total. The van der Waals surface area contributed by atoms with Crippen LogP contribution in [0.1, 0.15) is 18.7 Å². The van der Waals surface area contributed by atoms with Gasteiger partial charge in [-0.3, -0.25) is 5.41 Å². The van der Waals surface area contributed by atoms with E-state index in [9.17, 15) is 0 Å². The van der Waals surface area contributed by atoms with Gasteiger partial charge in [0, 0.05) is 24.6 Å². The minimum absolute atomic E-state index is 0.577. The van der Waals surface area contributed by atoms with E-state index >= 15 is 0 Å². The fraction of sp³-hybridized carbons (Fsp3) is 0.286. The number of rotatable bonds is 1.